The minimum Gasteiger partial charge on any atom is -0.497 e. The Morgan fingerprint density at radius 2 is 1.94 bits per heavy atom. The van der Waals surface area contributed by atoms with Crippen LogP contribution in [-0.2, 0) is 16.4 Å². The number of rotatable bonds is 9. The van der Waals surface area contributed by atoms with Gasteiger partial charge in [-0.05, 0) is 29.8 Å². The van der Waals surface area contributed by atoms with E-state index >= 15 is 0 Å². The highest BCUT2D eigenvalue weighted by Gasteiger charge is 2.12. The van der Waals surface area contributed by atoms with Gasteiger partial charge in [-0.25, -0.2) is 23.1 Å². The molecule has 0 aliphatic carbocycles. The van der Waals surface area contributed by atoms with Crippen LogP contribution in [0.15, 0.2) is 71.3 Å². The summed E-state index contributed by atoms with van der Waals surface area (Å²) in [6, 6.07) is 14.3. The lowest BCUT2D eigenvalue weighted by molar-refractivity contribution is 0.0956. The lowest BCUT2D eigenvalue weighted by Gasteiger charge is -2.05. The number of ether oxygens (including phenoxy) is 1. The van der Waals surface area contributed by atoms with Gasteiger partial charge in [-0.1, -0.05) is 18.2 Å². The lowest BCUT2D eigenvalue weighted by atomic mass is 10.1. The maximum absolute atomic E-state index is 12.1. The van der Waals surface area contributed by atoms with Gasteiger partial charge in [0.25, 0.3) is 5.91 Å². The van der Waals surface area contributed by atoms with Crippen LogP contribution >= 0.6 is 0 Å². The molecule has 2 aromatic heterocycles. The molecule has 2 heterocycles. The third kappa shape index (κ3) is 6.03. The second kappa shape index (κ2) is 10.4. The minimum absolute atomic E-state index is 0.0649. The van der Waals surface area contributed by atoms with Crippen LogP contribution in [-0.4, -0.2) is 59.7 Å². The highest BCUT2D eigenvalue weighted by Crippen LogP contribution is 2.25. The first-order valence-corrected chi connectivity index (χ1v) is 12.7. The molecule has 12 heteroatoms. The van der Waals surface area contributed by atoms with Crippen LogP contribution in [0.2, 0.25) is 0 Å². The van der Waals surface area contributed by atoms with Gasteiger partial charge in [0.2, 0.25) is 0 Å². The monoisotopic (exact) mass is 493 g/mol. The number of amides is 1. The van der Waals surface area contributed by atoms with Crippen molar-refractivity contribution in [2.24, 2.45) is 10.2 Å². The van der Waals surface area contributed by atoms with Gasteiger partial charge in [-0.15, -0.1) is 5.11 Å². The number of carbonyl (C=O) groups is 1. The maximum Gasteiger partial charge on any atom is 0.251 e. The normalized spacial score (nSPS) is 11.7. The molecular formula is C23H23N7O4S. The van der Waals surface area contributed by atoms with E-state index in [0.717, 1.165) is 17.5 Å². The predicted octanol–water partition coefficient (Wildman–Crippen LogP) is 2.88. The van der Waals surface area contributed by atoms with Gasteiger partial charge in [-0.3, -0.25) is 4.79 Å². The molecule has 0 radical (unpaired) electrons. The lowest BCUT2D eigenvalue weighted by Crippen LogP contribution is -2.28. The van der Waals surface area contributed by atoms with Crippen LogP contribution in [0.5, 0.6) is 5.75 Å². The minimum atomic E-state index is -3.13. The van der Waals surface area contributed by atoms with Crippen molar-refractivity contribution in [3.63, 3.8) is 0 Å². The number of aromatic nitrogens is 4. The van der Waals surface area contributed by atoms with Gasteiger partial charge in [0.1, 0.15) is 21.9 Å². The average molecular weight is 494 g/mol. The molecule has 0 atom stereocenters. The molecule has 0 aliphatic rings. The van der Waals surface area contributed by atoms with E-state index in [1.54, 1.807) is 42.3 Å². The Kier molecular flexibility index (Phi) is 7.11. The van der Waals surface area contributed by atoms with E-state index in [1.165, 1.54) is 6.33 Å². The number of sulfone groups is 1. The fraction of sp³-hybridized carbons (Fsp3) is 0.217. The third-order valence-electron chi connectivity index (χ3n) is 5.04. The fourth-order valence-corrected chi connectivity index (χ4v) is 3.71. The predicted molar refractivity (Wildman–Crippen MR) is 130 cm³/mol. The van der Waals surface area contributed by atoms with Gasteiger partial charge in [0.05, 0.1) is 36.7 Å². The molecule has 1 N–H and O–H groups in total. The van der Waals surface area contributed by atoms with E-state index in [0.29, 0.717) is 28.2 Å². The number of carbonyl (C=O) groups excluding carboxylic acids is 1. The molecule has 0 spiro atoms. The highest BCUT2D eigenvalue weighted by atomic mass is 32.2. The molecule has 35 heavy (non-hydrogen) atoms. The van der Waals surface area contributed by atoms with E-state index in [2.05, 4.69) is 30.6 Å². The van der Waals surface area contributed by atoms with Crippen LogP contribution in [0.3, 0.4) is 0 Å². The van der Waals surface area contributed by atoms with E-state index in [-0.39, 0.29) is 24.7 Å². The Hall–Kier alpha value is -4.19. The smallest absolute Gasteiger partial charge is 0.251 e. The second-order valence-corrected chi connectivity index (χ2v) is 9.93. The van der Waals surface area contributed by atoms with Crippen molar-refractivity contribution in [1.29, 1.82) is 0 Å². The zero-order valence-electron chi connectivity index (χ0n) is 19.1. The zero-order chi connectivity index (χ0) is 24.8. The van der Waals surface area contributed by atoms with Crippen molar-refractivity contribution in [1.82, 2.24) is 25.1 Å². The standard InChI is InChI=1S/C23H23N7O4S/c1-34-19-5-3-4-18(12-19)30-22-20(14-28-30)21(25-15-26-22)29-27-13-16-6-8-17(9-7-16)23(31)24-10-11-35(2,32)33/h3-9,12,14-15H,10-11,13H2,1-2H3,(H,24,31). The Bertz CT molecular complexity index is 1480. The maximum atomic E-state index is 12.1. The largest absolute Gasteiger partial charge is 0.497 e. The molecule has 0 saturated carbocycles. The van der Waals surface area contributed by atoms with Gasteiger partial charge < -0.3 is 10.1 Å². The van der Waals surface area contributed by atoms with Crippen molar-refractivity contribution < 1.29 is 17.9 Å². The number of methoxy groups -OCH3 is 1. The molecular weight excluding hydrogens is 470 g/mol. The van der Waals surface area contributed by atoms with Gasteiger partial charge in [0, 0.05) is 24.4 Å². The second-order valence-electron chi connectivity index (χ2n) is 7.67. The molecule has 4 rings (SSSR count). The number of nitrogens with one attached hydrogen (secondary N) is 1. The number of hydrogen-bond acceptors (Lipinski definition) is 9. The molecule has 180 valence electrons. The molecule has 2 aromatic carbocycles. The summed E-state index contributed by atoms with van der Waals surface area (Å²) < 4.78 is 29.3. The molecule has 1 amide bonds. The van der Waals surface area contributed by atoms with E-state index < -0.39 is 9.84 Å². The summed E-state index contributed by atoms with van der Waals surface area (Å²) >= 11 is 0. The Morgan fingerprint density at radius 3 is 2.69 bits per heavy atom. The van der Waals surface area contributed by atoms with Crippen molar-refractivity contribution in [3.8, 4) is 11.4 Å². The molecule has 0 saturated heterocycles. The molecule has 11 nitrogen and oxygen atoms in total. The van der Waals surface area contributed by atoms with Gasteiger partial charge >= 0.3 is 0 Å². The van der Waals surface area contributed by atoms with E-state index in [4.69, 9.17) is 4.74 Å². The quantitative estimate of drug-likeness (QED) is 0.353. The first-order chi connectivity index (χ1) is 16.8. The summed E-state index contributed by atoms with van der Waals surface area (Å²) in [5.74, 6) is 0.660. The van der Waals surface area contributed by atoms with Crippen LogP contribution in [0.4, 0.5) is 5.82 Å². The summed E-state index contributed by atoms with van der Waals surface area (Å²) in [7, 11) is -1.53. The van der Waals surface area contributed by atoms with Gasteiger partial charge in [0.15, 0.2) is 11.5 Å². The van der Waals surface area contributed by atoms with Gasteiger partial charge in [-0.2, -0.15) is 10.2 Å². The van der Waals surface area contributed by atoms with Crippen LogP contribution in [0.25, 0.3) is 16.7 Å². The molecule has 0 fully saturated rings. The zero-order valence-corrected chi connectivity index (χ0v) is 19.9. The topological polar surface area (TPSA) is 141 Å². The van der Waals surface area contributed by atoms with Crippen LogP contribution in [0.1, 0.15) is 15.9 Å². The Balaban J connectivity index is 1.43. The fourth-order valence-electron chi connectivity index (χ4n) is 3.24. The number of fused-ring (bicyclic) bond motifs is 1. The summed E-state index contributed by atoms with van der Waals surface area (Å²) in [5, 5.41) is 16.1. The van der Waals surface area contributed by atoms with Crippen LogP contribution < -0.4 is 10.1 Å². The molecule has 0 unspecified atom stereocenters. The average Bonchev–Trinajstić information content (AvgIpc) is 3.29. The first kappa shape index (κ1) is 24.0. The SMILES string of the molecule is COc1cccc(-n2ncc3c(N=NCc4ccc(C(=O)NCCS(C)(=O)=O)cc4)ncnc32)c1. The number of azo groups is 1. The van der Waals surface area contributed by atoms with Crippen LogP contribution in [0, 0.1) is 0 Å². The Labute approximate surface area is 201 Å². The van der Waals surface area contributed by atoms with Crippen molar-refractivity contribution in [2.45, 2.75) is 6.54 Å². The summed E-state index contributed by atoms with van der Waals surface area (Å²) in [6.45, 7) is 0.348. The molecule has 0 bridgehead atoms. The number of benzene rings is 2. The number of nitrogens with zero attached hydrogens (tertiary/aromatic N) is 6. The summed E-state index contributed by atoms with van der Waals surface area (Å²) in [5.41, 5.74) is 2.66. The summed E-state index contributed by atoms with van der Waals surface area (Å²) in [6.07, 6.45) is 4.17. The van der Waals surface area contributed by atoms with Crippen molar-refractivity contribution >= 4 is 32.6 Å². The van der Waals surface area contributed by atoms with E-state index in [9.17, 15) is 13.2 Å². The first-order valence-electron chi connectivity index (χ1n) is 10.6. The third-order valence-corrected chi connectivity index (χ3v) is 5.98. The Morgan fingerprint density at radius 1 is 1.14 bits per heavy atom. The van der Waals surface area contributed by atoms with E-state index in [1.807, 2.05) is 24.3 Å². The highest BCUT2D eigenvalue weighted by molar-refractivity contribution is 7.90. The summed E-state index contributed by atoms with van der Waals surface area (Å²) in [4.78, 5) is 20.7. The van der Waals surface area contributed by atoms with Crippen molar-refractivity contribution in [3.05, 3.63) is 72.2 Å². The molecule has 0 aliphatic heterocycles. The number of hydrogen-bond donors (Lipinski definition) is 1. The molecule has 4 aromatic rings. The van der Waals surface area contributed by atoms with Crippen molar-refractivity contribution in [2.75, 3.05) is 25.7 Å².